The lowest BCUT2D eigenvalue weighted by atomic mass is 10.0. The fourth-order valence-corrected chi connectivity index (χ4v) is 4.51. The maximum absolute atomic E-state index is 12.5. The Morgan fingerprint density at radius 3 is 2.56 bits per heavy atom. The molecule has 0 unspecified atom stereocenters. The molecule has 2 aromatic rings. The highest BCUT2D eigenvalue weighted by Gasteiger charge is 2.26. The molecule has 6 heteroatoms. The number of amides is 2. The van der Waals surface area contributed by atoms with Gasteiger partial charge in [-0.3, -0.25) is 14.5 Å². The van der Waals surface area contributed by atoms with Gasteiger partial charge < -0.3 is 10.2 Å². The van der Waals surface area contributed by atoms with Crippen molar-refractivity contribution in [2.45, 2.75) is 33.2 Å². The molecule has 0 spiro atoms. The Hall–Kier alpha value is -2.18. The molecule has 0 radical (unpaired) electrons. The second kappa shape index (κ2) is 8.67. The highest BCUT2D eigenvalue weighted by molar-refractivity contribution is 7.10. The molecule has 1 aliphatic heterocycles. The van der Waals surface area contributed by atoms with Crippen molar-refractivity contribution in [1.82, 2.24) is 9.80 Å². The van der Waals surface area contributed by atoms with E-state index in [1.807, 2.05) is 13.8 Å². The molecule has 5 nitrogen and oxygen atoms in total. The lowest BCUT2D eigenvalue weighted by Gasteiger charge is -2.32. The Kier molecular flexibility index (Phi) is 6.29. The minimum atomic E-state index is -0.0247. The molecule has 0 saturated heterocycles. The molecular formula is C21H27N3O2S. The predicted octanol–water partition coefficient (Wildman–Crippen LogP) is 3.79. The van der Waals surface area contributed by atoms with Crippen LogP contribution >= 0.6 is 11.3 Å². The summed E-state index contributed by atoms with van der Waals surface area (Å²) in [6, 6.07) is 9.57. The van der Waals surface area contributed by atoms with E-state index < -0.39 is 0 Å². The summed E-state index contributed by atoms with van der Waals surface area (Å²) in [5.41, 5.74) is 2.71. The number of hydrogen-bond acceptors (Lipinski definition) is 4. The van der Waals surface area contributed by atoms with Crippen molar-refractivity contribution < 1.29 is 9.59 Å². The van der Waals surface area contributed by atoms with E-state index in [0.717, 1.165) is 18.7 Å². The van der Waals surface area contributed by atoms with Gasteiger partial charge in [0.25, 0.3) is 5.91 Å². The third-order valence-corrected chi connectivity index (χ3v) is 6.21. The molecule has 1 aromatic heterocycles. The smallest absolute Gasteiger partial charge is 0.253 e. The first kappa shape index (κ1) is 19.6. The van der Waals surface area contributed by atoms with Gasteiger partial charge in [-0.05, 0) is 68.5 Å². The number of benzene rings is 1. The summed E-state index contributed by atoms with van der Waals surface area (Å²) in [6.07, 6.45) is 1.01. The summed E-state index contributed by atoms with van der Waals surface area (Å²) in [6.45, 7) is 8.75. The van der Waals surface area contributed by atoms with Gasteiger partial charge in [-0.15, -0.1) is 11.3 Å². The third kappa shape index (κ3) is 4.39. The van der Waals surface area contributed by atoms with Gasteiger partial charge in [0.05, 0.1) is 6.54 Å². The molecular weight excluding hydrogens is 358 g/mol. The molecule has 1 atom stereocenters. The minimum Gasteiger partial charge on any atom is -0.339 e. The Balaban J connectivity index is 1.58. The van der Waals surface area contributed by atoms with Crippen molar-refractivity contribution in [3.8, 4) is 0 Å². The number of hydrogen-bond donors (Lipinski definition) is 1. The zero-order valence-corrected chi connectivity index (χ0v) is 17.0. The summed E-state index contributed by atoms with van der Waals surface area (Å²) in [5.74, 6) is -0.00469. The Morgan fingerprint density at radius 2 is 1.89 bits per heavy atom. The molecule has 0 bridgehead atoms. The first-order chi connectivity index (χ1) is 13.0. The second-order valence-corrected chi connectivity index (χ2v) is 7.80. The third-order valence-electron chi connectivity index (χ3n) is 5.22. The van der Waals surface area contributed by atoms with E-state index in [1.165, 1.54) is 10.4 Å². The predicted molar refractivity (Wildman–Crippen MR) is 110 cm³/mol. The van der Waals surface area contributed by atoms with Crippen LogP contribution in [0.1, 0.15) is 47.6 Å². The maximum atomic E-state index is 12.5. The van der Waals surface area contributed by atoms with E-state index in [1.54, 1.807) is 40.5 Å². The van der Waals surface area contributed by atoms with Crippen molar-refractivity contribution >= 4 is 28.8 Å². The number of thiophene rings is 1. The van der Waals surface area contributed by atoms with Crippen molar-refractivity contribution in [1.29, 1.82) is 0 Å². The molecule has 2 amide bonds. The second-order valence-electron chi connectivity index (χ2n) is 6.80. The molecule has 1 N–H and O–H groups in total. The number of rotatable bonds is 6. The van der Waals surface area contributed by atoms with Crippen LogP contribution in [0.15, 0.2) is 35.7 Å². The molecule has 0 fully saturated rings. The SMILES string of the molecule is CCN(CC)C(=O)c1ccc(NC(=O)CN2CCc3sccc3[C@H]2C)cc1. The van der Waals surface area contributed by atoms with Crippen LogP contribution in [0.3, 0.4) is 0 Å². The van der Waals surface area contributed by atoms with Gasteiger partial charge in [0.15, 0.2) is 0 Å². The first-order valence-electron chi connectivity index (χ1n) is 9.53. The summed E-state index contributed by atoms with van der Waals surface area (Å²) < 4.78 is 0. The van der Waals surface area contributed by atoms with E-state index in [2.05, 4.69) is 28.6 Å². The molecule has 0 aliphatic carbocycles. The van der Waals surface area contributed by atoms with Crippen LogP contribution in [0, 0.1) is 0 Å². The molecule has 1 aromatic carbocycles. The van der Waals surface area contributed by atoms with Crippen LogP contribution in [0.5, 0.6) is 0 Å². The summed E-state index contributed by atoms with van der Waals surface area (Å²) >= 11 is 1.80. The zero-order valence-electron chi connectivity index (χ0n) is 16.2. The minimum absolute atomic E-state index is 0.0200. The average molecular weight is 386 g/mol. The Bertz CT molecular complexity index is 796. The van der Waals surface area contributed by atoms with Gasteiger partial charge in [0.2, 0.25) is 5.91 Å². The number of nitrogens with one attached hydrogen (secondary N) is 1. The number of anilines is 1. The van der Waals surface area contributed by atoms with Gasteiger partial charge in [-0.1, -0.05) is 0 Å². The molecule has 144 valence electrons. The van der Waals surface area contributed by atoms with Crippen molar-refractivity contribution in [3.63, 3.8) is 0 Å². The van der Waals surface area contributed by atoms with Crippen molar-refractivity contribution in [2.24, 2.45) is 0 Å². The molecule has 2 heterocycles. The topological polar surface area (TPSA) is 52.7 Å². The van der Waals surface area contributed by atoms with Gasteiger partial charge in [0.1, 0.15) is 0 Å². The summed E-state index contributed by atoms with van der Waals surface area (Å²) in [4.78, 5) is 30.3. The van der Waals surface area contributed by atoms with Crippen LogP contribution in [-0.4, -0.2) is 47.8 Å². The monoisotopic (exact) mass is 385 g/mol. The van der Waals surface area contributed by atoms with Gasteiger partial charge in [-0.25, -0.2) is 0 Å². The van der Waals surface area contributed by atoms with E-state index in [-0.39, 0.29) is 17.9 Å². The van der Waals surface area contributed by atoms with Gasteiger partial charge in [0, 0.05) is 41.8 Å². The van der Waals surface area contributed by atoms with E-state index in [9.17, 15) is 9.59 Å². The average Bonchev–Trinajstić information content (AvgIpc) is 3.15. The fourth-order valence-electron chi connectivity index (χ4n) is 3.55. The zero-order chi connectivity index (χ0) is 19.4. The standard InChI is InChI=1S/C21H27N3O2S/c1-4-23(5-2)21(26)16-6-8-17(9-7-16)22-20(25)14-24-12-10-19-18(15(24)3)11-13-27-19/h6-9,11,13,15H,4-5,10,12,14H2,1-3H3,(H,22,25)/t15-/m1/s1. The first-order valence-corrected chi connectivity index (χ1v) is 10.4. The normalized spacial score (nSPS) is 16.6. The highest BCUT2D eigenvalue weighted by Crippen LogP contribution is 2.32. The lowest BCUT2D eigenvalue weighted by molar-refractivity contribution is -0.117. The highest BCUT2D eigenvalue weighted by atomic mass is 32.1. The van der Waals surface area contributed by atoms with Crippen molar-refractivity contribution in [3.05, 3.63) is 51.7 Å². The van der Waals surface area contributed by atoms with Crippen LogP contribution in [0.2, 0.25) is 0 Å². The maximum Gasteiger partial charge on any atom is 0.253 e. The van der Waals surface area contributed by atoms with Gasteiger partial charge >= 0.3 is 0 Å². The number of nitrogens with zero attached hydrogens (tertiary/aromatic N) is 2. The molecule has 0 saturated carbocycles. The molecule has 1 aliphatic rings. The Labute approximate surface area is 165 Å². The van der Waals surface area contributed by atoms with Crippen LogP contribution in [0.25, 0.3) is 0 Å². The fraction of sp³-hybridized carbons (Fsp3) is 0.429. The number of carbonyl (C=O) groups excluding carboxylic acids is 2. The van der Waals surface area contributed by atoms with E-state index in [4.69, 9.17) is 0 Å². The number of fused-ring (bicyclic) bond motifs is 1. The van der Waals surface area contributed by atoms with E-state index >= 15 is 0 Å². The van der Waals surface area contributed by atoms with E-state index in [0.29, 0.717) is 25.2 Å². The summed E-state index contributed by atoms with van der Waals surface area (Å²) in [7, 11) is 0. The quantitative estimate of drug-likeness (QED) is 0.823. The van der Waals surface area contributed by atoms with Crippen LogP contribution in [-0.2, 0) is 11.2 Å². The number of carbonyl (C=O) groups is 2. The van der Waals surface area contributed by atoms with Crippen LogP contribution < -0.4 is 5.32 Å². The van der Waals surface area contributed by atoms with Gasteiger partial charge in [-0.2, -0.15) is 0 Å². The largest absolute Gasteiger partial charge is 0.339 e. The van der Waals surface area contributed by atoms with Crippen molar-refractivity contribution in [2.75, 3.05) is 31.5 Å². The summed E-state index contributed by atoms with van der Waals surface area (Å²) in [5, 5.41) is 5.08. The molecule has 27 heavy (non-hydrogen) atoms. The Morgan fingerprint density at radius 1 is 1.19 bits per heavy atom. The lowest BCUT2D eigenvalue weighted by Crippen LogP contribution is -2.39. The van der Waals surface area contributed by atoms with Crippen LogP contribution in [0.4, 0.5) is 5.69 Å². The molecule has 3 rings (SSSR count).